The number of hydrogen-bond acceptors (Lipinski definition) is 7. The van der Waals surface area contributed by atoms with Crippen LogP contribution in [-0.4, -0.2) is 88.6 Å². The number of alkyl carbamates (subject to hydrolysis) is 1. The third-order valence-corrected chi connectivity index (χ3v) is 18.5. The van der Waals surface area contributed by atoms with Gasteiger partial charge in [-0.05, 0) is 151 Å². The van der Waals surface area contributed by atoms with Gasteiger partial charge in [0.25, 0.3) is 0 Å². The van der Waals surface area contributed by atoms with Crippen molar-refractivity contribution in [2.75, 3.05) is 46.1 Å². The van der Waals surface area contributed by atoms with E-state index < -0.39 is 17.6 Å². The Kier molecular flexibility index (Phi) is 24.5. The van der Waals surface area contributed by atoms with Crippen LogP contribution in [0.2, 0.25) is 5.31 Å². The first-order valence-electron chi connectivity index (χ1n) is 29.3. The van der Waals surface area contributed by atoms with E-state index in [2.05, 4.69) is 70.0 Å². The Morgan fingerprint density at radius 1 is 0.812 bits per heavy atom. The molecule has 394 valence electrons. The molecular weight excluding hydrogens is 855 g/mol. The number of amides is 1. The molecule has 4 fully saturated rings. The van der Waals surface area contributed by atoms with Crippen molar-refractivity contribution in [2.45, 2.75) is 258 Å². The third kappa shape index (κ3) is 17.1. The van der Waals surface area contributed by atoms with Crippen molar-refractivity contribution in [1.29, 1.82) is 0 Å². The number of carbonyl (C=O) groups excluding carboxylic acids is 2. The molecule has 1 amide bonds. The zero-order chi connectivity index (χ0) is 49.8. The van der Waals surface area contributed by atoms with Crippen LogP contribution in [0.3, 0.4) is 0 Å². The van der Waals surface area contributed by atoms with Crippen LogP contribution in [0.4, 0.5) is 4.79 Å². The van der Waals surface area contributed by atoms with Gasteiger partial charge in [0.05, 0.1) is 27.2 Å². The number of piperidine rings is 1. The number of likely N-dealkylation sites (tertiary alicyclic amines) is 1. The van der Waals surface area contributed by atoms with E-state index in [0.717, 1.165) is 76.6 Å². The predicted molar refractivity (Wildman–Crippen MR) is 287 cm³/mol. The minimum Gasteiger partial charge on any atom is -0.462 e. The van der Waals surface area contributed by atoms with Gasteiger partial charge in [0, 0.05) is 19.6 Å². The van der Waals surface area contributed by atoms with Crippen LogP contribution >= 0.6 is 0 Å². The monoisotopic (exact) mass is 961 g/mol. The molecule has 1 N–H and O–H groups in total. The van der Waals surface area contributed by atoms with Gasteiger partial charge in [0.1, 0.15) is 18.2 Å². The summed E-state index contributed by atoms with van der Waals surface area (Å²) in [5.74, 6) is 2.77. The molecule has 1 heterocycles. The molecule has 69 heavy (non-hydrogen) atoms. The molecular formula is C60H105BN2O6. The Balaban J connectivity index is 0.972. The minimum absolute atomic E-state index is 0.0811. The molecule has 0 aromatic heterocycles. The maximum Gasteiger partial charge on any atom is 0.408 e. The van der Waals surface area contributed by atoms with Gasteiger partial charge in [-0.1, -0.05) is 161 Å². The highest BCUT2D eigenvalue weighted by Crippen LogP contribution is 2.75. The lowest BCUT2D eigenvalue weighted by Crippen LogP contribution is -2.54. The molecule has 9 heteroatoms. The molecule has 3 saturated carbocycles. The van der Waals surface area contributed by atoms with Crippen molar-refractivity contribution in [3.05, 3.63) is 23.8 Å². The number of allylic oxidation sites excluding steroid dienone is 3. The number of nitrogens with one attached hydrogen (secondary N) is 1. The first-order chi connectivity index (χ1) is 33.1. The zero-order valence-corrected chi connectivity index (χ0v) is 46.0. The summed E-state index contributed by atoms with van der Waals surface area (Å²) in [7, 11) is 7.71. The van der Waals surface area contributed by atoms with Crippen LogP contribution in [0, 0.1) is 40.4 Å². The van der Waals surface area contributed by atoms with Crippen molar-refractivity contribution >= 4 is 19.9 Å². The van der Waals surface area contributed by atoms with E-state index in [1.165, 1.54) is 147 Å². The van der Waals surface area contributed by atoms with Crippen LogP contribution in [0.15, 0.2) is 23.8 Å². The van der Waals surface area contributed by atoms with Crippen LogP contribution in [0.5, 0.6) is 0 Å². The number of rotatable bonds is 32. The van der Waals surface area contributed by atoms with E-state index in [1.54, 1.807) is 13.8 Å². The lowest BCUT2D eigenvalue weighted by molar-refractivity contribution is -0.153. The standard InChI is InChI=1S/C60H105BN2O6/c1-9-10-11-12-13-14-15-16-17-18-19-20-21-22-23-27-41-66-46-51(45-63-39-25-24-26-40-63)67-42-43-68-55(64)57(5,6)62-56(65)69-50-33-36-58(7)49(44-50)31-32-54-53(58)34-37-59(8)52(35-38-60(54,59)61)48(4)30-28-29-47(2)3/h16-17,31,47-48,50-54H,9-15,18-30,32-46H2,1-8H3,(H,62,65)/b17-16-/t48?,50?,51?,52?,53?,54-,58?,59-,60-/m1/s1. The maximum absolute atomic E-state index is 13.4. The molecule has 6 unspecified atom stereocenters. The zero-order valence-electron chi connectivity index (χ0n) is 46.0. The van der Waals surface area contributed by atoms with Crippen LogP contribution in [0.1, 0.15) is 235 Å². The van der Waals surface area contributed by atoms with Crippen molar-refractivity contribution in [3.8, 4) is 0 Å². The van der Waals surface area contributed by atoms with E-state index in [0.29, 0.717) is 24.4 Å². The fourth-order valence-electron chi connectivity index (χ4n) is 14.1. The molecule has 9 atom stereocenters. The normalized spacial score (nSPS) is 29.3. The Morgan fingerprint density at radius 3 is 2.19 bits per heavy atom. The van der Waals surface area contributed by atoms with Gasteiger partial charge >= 0.3 is 12.1 Å². The van der Waals surface area contributed by atoms with Crippen molar-refractivity contribution in [2.24, 2.45) is 40.4 Å². The average Bonchev–Trinajstić information content (AvgIpc) is 3.60. The number of ether oxygens (including phenoxy) is 4. The molecule has 0 bridgehead atoms. The maximum atomic E-state index is 13.4. The number of carbonyl (C=O) groups is 2. The van der Waals surface area contributed by atoms with Crippen molar-refractivity contribution in [3.63, 3.8) is 0 Å². The summed E-state index contributed by atoms with van der Waals surface area (Å²) in [5, 5.41) is 2.71. The highest BCUT2D eigenvalue weighted by molar-refractivity contribution is 6.16. The van der Waals surface area contributed by atoms with Crippen LogP contribution in [0.25, 0.3) is 0 Å². The highest BCUT2D eigenvalue weighted by Gasteiger charge is 2.64. The van der Waals surface area contributed by atoms with E-state index >= 15 is 0 Å². The van der Waals surface area contributed by atoms with E-state index in [4.69, 9.17) is 26.8 Å². The number of hydrogen-bond donors (Lipinski definition) is 1. The minimum atomic E-state index is -1.24. The SMILES string of the molecule is [B][C@@]12CCC(C(C)CCCC(C)C)[C@@]1(C)CCC1[C@H]2CC=C2CC(OC(=O)NC(C)(C)C(=O)OCCOC(COCCCCCCCC/C=C\CCCCCCCC)CN3CCCCC3)CCC21C. The molecule has 4 aliphatic carbocycles. The van der Waals surface area contributed by atoms with Crippen molar-refractivity contribution in [1.82, 2.24) is 10.2 Å². The quantitative estimate of drug-likeness (QED) is 0.0311. The number of esters is 1. The van der Waals surface area contributed by atoms with E-state index in [-0.39, 0.29) is 41.6 Å². The van der Waals surface area contributed by atoms with Gasteiger partial charge in [-0.25, -0.2) is 9.59 Å². The van der Waals surface area contributed by atoms with E-state index in [1.807, 2.05) is 0 Å². The summed E-state index contributed by atoms with van der Waals surface area (Å²) >= 11 is 0. The van der Waals surface area contributed by atoms with Gasteiger partial charge < -0.3 is 29.2 Å². The average molecular weight is 961 g/mol. The number of nitrogens with zero attached hydrogens (tertiary/aromatic N) is 1. The van der Waals surface area contributed by atoms with Gasteiger partial charge in [-0.15, -0.1) is 0 Å². The van der Waals surface area contributed by atoms with Gasteiger partial charge in [0.2, 0.25) is 0 Å². The topological polar surface area (TPSA) is 86.3 Å². The fourth-order valence-corrected chi connectivity index (χ4v) is 14.1. The van der Waals surface area contributed by atoms with Gasteiger partial charge in [0.15, 0.2) is 0 Å². The predicted octanol–water partition coefficient (Wildman–Crippen LogP) is 15.1. The summed E-state index contributed by atoms with van der Waals surface area (Å²) in [6, 6.07) is 0. The number of fused-ring (bicyclic) bond motifs is 5. The molecule has 0 spiro atoms. The second-order valence-corrected chi connectivity index (χ2v) is 24.6. The van der Waals surface area contributed by atoms with Crippen LogP contribution in [-0.2, 0) is 23.7 Å². The largest absolute Gasteiger partial charge is 0.462 e. The molecule has 0 aromatic carbocycles. The second-order valence-electron chi connectivity index (χ2n) is 24.6. The fraction of sp³-hybridized carbons (Fsp3) is 0.900. The van der Waals surface area contributed by atoms with E-state index in [9.17, 15) is 9.59 Å². The number of unbranched alkanes of at least 4 members (excludes halogenated alkanes) is 12. The molecule has 2 radical (unpaired) electrons. The Hall–Kier alpha value is -1.84. The second kappa shape index (κ2) is 29.2. The summed E-state index contributed by atoms with van der Waals surface area (Å²) in [6.45, 7) is 22.6. The molecule has 1 aliphatic heterocycles. The first kappa shape index (κ1) is 58.1. The smallest absolute Gasteiger partial charge is 0.408 e. The molecule has 1 saturated heterocycles. The lowest BCUT2D eigenvalue weighted by Gasteiger charge is -2.63. The molecule has 5 aliphatic rings. The third-order valence-electron chi connectivity index (χ3n) is 18.5. The Bertz CT molecular complexity index is 1560. The van der Waals surface area contributed by atoms with Gasteiger partial charge in [-0.2, -0.15) is 0 Å². The Labute approximate surface area is 425 Å². The first-order valence-corrected chi connectivity index (χ1v) is 29.3. The Morgan fingerprint density at radius 2 is 1.49 bits per heavy atom. The lowest BCUT2D eigenvalue weighted by atomic mass is 9.36. The highest BCUT2D eigenvalue weighted by atomic mass is 16.6. The summed E-state index contributed by atoms with van der Waals surface area (Å²) in [5.41, 5.74) is 0.479. The molecule has 8 nitrogen and oxygen atoms in total. The molecule has 0 aromatic rings. The summed E-state index contributed by atoms with van der Waals surface area (Å²) in [4.78, 5) is 29.2. The van der Waals surface area contributed by atoms with Gasteiger partial charge in [-0.3, -0.25) is 0 Å². The molecule has 5 rings (SSSR count). The summed E-state index contributed by atoms with van der Waals surface area (Å²) in [6.07, 6.45) is 40.7. The summed E-state index contributed by atoms with van der Waals surface area (Å²) < 4.78 is 24.2. The van der Waals surface area contributed by atoms with Crippen molar-refractivity contribution < 1.29 is 28.5 Å². The van der Waals surface area contributed by atoms with Crippen LogP contribution < -0.4 is 5.32 Å².